The van der Waals surface area contributed by atoms with Gasteiger partial charge in [0.2, 0.25) is 5.91 Å². The molecule has 0 unspecified atom stereocenters. The summed E-state index contributed by atoms with van der Waals surface area (Å²) in [4.78, 5) is 12.2. The molecule has 0 bridgehead atoms. The number of rotatable bonds is 3. The first-order valence-corrected chi connectivity index (χ1v) is 10.0. The Hall–Kier alpha value is -0.590. The largest absolute Gasteiger partial charge is 0.326 e. The minimum absolute atomic E-state index is 0.00312. The van der Waals surface area contributed by atoms with E-state index < -0.39 is 9.05 Å². The van der Waals surface area contributed by atoms with Crippen molar-refractivity contribution in [1.82, 2.24) is 0 Å². The summed E-state index contributed by atoms with van der Waals surface area (Å²) >= 11 is 3.17. The van der Waals surface area contributed by atoms with Gasteiger partial charge < -0.3 is 5.32 Å². The number of carbonyl (C=O) groups is 1. The van der Waals surface area contributed by atoms with Crippen molar-refractivity contribution in [2.45, 2.75) is 43.4 Å². The van der Waals surface area contributed by atoms with E-state index in [-0.39, 0.29) is 16.7 Å². The van der Waals surface area contributed by atoms with Gasteiger partial charge in [-0.2, -0.15) is 0 Å². The lowest BCUT2D eigenvalue weighted by molar-refractivity contribution is -0.120. The van der Waals surface area contributed by atoms with Gasteiger partial charge in [0.15, 0.2) is 0 Å². The monoisotopic (exact) mass is 393 g/mol. The molecule has 0 aliphatic heterocycles. The normalized spacial score (nSPS) is 17.2. The van der Waals surface area contributed by atoms with E-state index in [9.17, 15) is 13.2 Å². The summed E-state index contributed by atoms with van der Waals surface area (Å²) in [7, 11) is 1.53. The highest BCUT2D eigenvalue weighted by Crippen LogP contribution is 2.29. The smallest absolute Gasteiger partial charge is 0.262 e. The van der Waals surface area contributed by atoms with Gasteiger partial charge in [-0.15, -0.1) is 0 Å². The average Bonchev–Trinajstić information content (AvgIpc) is 2.66. The molecule has 4 nitrogen and oxygen atoms in total. The van der Waals surface area contributed by atoms with Crippen LogP contribution in [0.3, 0.4) is 0 Å². The van der Waals surface area contributed by atoms with Gasteiger partial charge in [0.25, 0.3) is 9.05 Å². The van der Waals surface area contributed by atoms with Gasteiger partial charge in [-0.05, 0) is 47.0 Å². The van der Waals surface area contributed by atoms with Crippen LogP contribution in [0.2, 0.25) is 0 Å². The van der Waals surface area contributed by atoms with Gasteiger partial charge >= 0.3 is 0 Å². The SMILES string of the molecule is O=C(Nc1ccc(S(=O)(=O)Cl)c(Br)c1)C1CCCCCC1. The van der Waals surface area contributed by atoms with E-state index >= 15 is 0 Å². The molecule has 0 radical (unpaired) electrons. The Kier molecular flexibility index (Phi) is 5.68. The molecule has 1 saturated carbocycles. The lowest BCUT2D eigenvalue weighted by Gasteiger charge is -2.14. The third-order valence-corrected chi connectivity index (χ3v) is 5.99. The number of nitrogens with one attached hydrogen (secondary N) is 1. The van der Waals surface area contributed by atoms with Crippen molar-refractivity contribution in [2.24, 2.45) is 5.92 Å². The third kappa shape index (κ3) is 4.69. The minimum Gasteiger partial charge on any atom is -0.326 e. The van der Waals surface area contributed by atoms with Crippen LogP contribution in [0.5, 0.6) is 0 Å². The summed E-state index contributed by atoms with van der Waals surface area (Å²) in [5.41, 5.74) is 0.570. The molecule has 1 amide bonds. The van der Waals surface area contributed by atoms with Crippen LogP contribution >= 0.6 is 26.6 Å². The first-order valence-electron chi connectivity index (χ1n) is 6.93. The van der Waals surface area contributed by atoms with E-state index in [1.165, 1.54) is 18.9 Å². The molecule has 21 heavy (non-hydrogen) atoms. The second-order valence-electron chi connectivity index (χ2n) is 5.26. The molecule has 0 atom stereocenters. The van der Waals surface area contributed by atoms with Crippen LogP contribution in [-0.2, 0) is 13.8 Å². The Morgan fingerprint density at radius 1 is 1.19 bits per heavy atom. The van der Waals surface area contributed by atoms with E-state index in [2.05, 4.69) is 21.2 Å². The van der Waals surface area contributed by atoms with Gasteiger partial charge in [-0.25, -0.2) is 8.42 Å². The van der Waals surface area contributed by atoms with Crippen molar-refractivity contribution in [3.8, 4) is 0 Å². The third-order valence-electron chi connectivity index (χ3n) is 3.69. The molecule has 1 fully saturated rings. The lowest BCUT2D eigenvalue weighted by Crippen LogP contribution is -2.22. The van der Waals surface area contributed by atoms with Crippen LogP contribution in [-0.4, -0.2) is 14.3 Å². The number of hydrogen-bond acceptors (Lipinski definition) is 3. The molecule has 1 N–H and O–H groups in total. The van der Waals surface area contributed by atoms with Crippen LogP contribution in [0.25, 0.3) is 0 Å². The zero-order valence-corrected chi connectivity index (χ0v) is 14.6. The summed E-state index contributed by atoms with van der Waals surface area (Å²) in [6, 6.07) is 4.49. The molecule has 2 rings (SSSR count). The molecule has 1 aliphatic rings. The van der Waals surface area contributed by atoms with Crippen molar-refractivity contribution in [3.63, 3.8) is 0 Å². The van der Waals surface area contributed by atoms with Crippen LogP contribution in [0, 0.1) is 5.92 Å². The van der Waals surface area contributed by atoms with Crippen LogP contribution < -0.4 is 5.32 Å². The van der Waals surface area contributed by atoms with Crippen molar-refractivity contribution in [1.29, 1.82) is 0 Å². The first kappa shape index (κ1) is 16.8. The molecule has 116 valence electrons. The standard InChI is InChI=1S/C14H17BrClNO3S/c15-12-9-11(7-8-13(12)21(16,19)20)17-14(18)10-5-3-1-2-4-6-10/h7-10H,1-6H2,(H,17,18). The van der Waals surface area contributed by atoms with E-state index in [1.54, 1.807) is 12.1 Å². The average molecular weight is 395 g/mol. The zero-order chi connectivity index (χ0) is 15.5. The fourth-order valence-electron chi connectivity index (χ4n) is 2.56. The number of carbonyl (C=O) groups excluding carboxylic acids is 1. The highest BCUT2D eigenvalue weighted by Gasteiger charge is 2.21. The van der Waals surface area contributed by atoms with Gasteiger partial charge in [0.05, 0.1) is 4.90 Å². The van der Waals surface area contributed by atoms with Crippen molar-refractivity contribution >= 4 is 47.3 Å². The van der Waals surface area contributed by atoms with Gasteiger partial charge in [-0.1, -0.05) is 25.7 Å². The fourth-order valence-corrected chi connectivity index (χ4v) is 4.79. The Labute approximate surface area is 137 Å². The maximum Gasteiger partial charge on any atom is 0.262 e. The maximum atomic E-state index is 12.2. The quantitative estimate of drug-likeness (QED) is 0.614. The van der Waals surface area contributed by atoms with E-state index in [4.69, 9.17) is 10.7 Å². The molecule has 0 spiro atoms. The Bertz CT molecular complexity index is 625. The topological polar surface area (TPSA) is 63.2 Å². The van der Waals surface area contributed by atoms with Crippen LogP contribution in [0.15, 0.2) is 27.6 Å². The fraction of sp³-hybridized carbons (Fsp3) is 0.500. The highest BCUT2D eigenvalue weighted by atomic mass is 79.9. The number of halogens is 2. The Morgan fingerprint density at radius 2 is 1.81 bits per heavy atom. The highest BCUT2D eigenvalue weighted by molar-refractivity contribution is 9.10. The number of hydrogen-bond donors (Lipinski definition) is 1. The second kappa shape index (κ2) is 7.11. The predicted molar refractivity (Wildman–Crippen MR) is 87.0 cm³/mol. The van der Waals surface area contributed by atoms with Crippen molar-refractivity contribution < 1.29 is 13.2 Å². The van der Waals surface area contributed by atoms with Crippen LogP contribution in [0.4, 0.5) is 5.69 Å². The van der Waals surface area contributed by atoms with Gasteiger partial charge in [-0.3, -0.25) is 4.79 Å². The molecule has 0 saturated heterocycles. The summed E-state index contributed by atoms with van der Waals surface area (Å²) in [6.07, 6.45) is 6.40. The predicted octanol–water partition coefficient (Wildman–Crippen LogP) is 4.29. The van der Waals surface area contributed by atoms with E-state index in [1.807, 2.05) is 0 Å². The second-order valence-corrected chi connectivity index (χ2v) is 8.65. The molecule has 0 heterocycles. The number of benzene rings is 1. The molecule has 0 aromatic heterocycles. The van der Waals surface area contributed by atoms with E-state index in [0.29, 0.717) is 10.2 Å². The number of amides is 1. The summed E-state index contributed by atoms with van der Waals surface area (Å²) in [5, 5.41) is 2.85. The van der Waals surface area contributed by atoms with Gasteiger partial charge in [0.1, 0.15) is 0 Å². The van der Waals surface area contributed by atoms with Crippen molar-refractivity contribution in [3.05, 3.63) is 22.7 Å². The Balaban J connectivity index is 2.09. The molecular formula is C14H17BrClNO3S. The first-order chi connectivity index (χ1) is 9.88. The van der Waals surface area contributed by atoms with E-state index in [0.717, 1.165) is 25.7 Å². The van der Waals surface area contributed by atoms with Crippen LogP contribution in [0.1, 0.15) is 38.5 Å². The minimum atomic E-state index is -3.79. The summed E-state index contributed by atoms with van der Waals surface area (Å²) < 4.78 is 23.0. The maximum absolute atomic E-state index is 12.2. The zero-order valence-electron chi connectivity index (χ0n) is 11.4. The van der Waals surface area contributed by atoms with Crippen molar-refractivity contribution in [2.75, 3.05) is 5.32 Å². The summed E-state index contributed by atoms with van der Waals surface area (Å²) in [6.45, 7) is 0. The molecule has 7 heteroatoms. The summed E-state index contributed by atoms with van der Waals surface area (Å²) in [5.74, 6) is 0.0491. The lowest BCUT2D eigenvalue weighted by atomic mass is 9.99. The molecule has 1 aromatic rings. The van der Waals surface area contributed by atoms with Gasteiger partial charge in [0, 0.05) is 26.8 Å². The molecule has 1 aromatic carbocycles. The number of anilines is 1. The molecule has 1 aliphatic carbocycles. The molecular weight excluding hydrogens is 378 g/mol. The Morgan fingerprint density at radius 3 is 2.33 bits per heavy atom.